The van der Waals surface area contributed by atoms with Crippen LogP contribution in [-0.2, 0) is 29.1 Å². The number of nitrogens with two attached hydrogens (primary N) is 1. The molecule has 1 fully saturated rings. The van der Waals surface area contributed by atoms with Crippen LogP contribution in [0.25, 0.3) is 0 Å². The van der Waals surface area contributed by atoms with Crippen LogP contribution in [0.2, 0.25) is 0 Å². The molecule has 0 radical (unpaired) electrons. The van der Waals surface area contributed by atoms with Crippen LogP contribution in [0.15, 0.2) is 33.7 Å². The molecule has 18 heteroatoms. The minimum absolute atomic E-state index is 0.0402. The molecule has 2 heterocycles. The van der Waals surface area contributed by atoms with Gasteiger partial charge in [0.05, 0.1) is 5.54 Å². The number of aromatic nitrogens is 1. The molecule has 42 heavy (non-hydrogen) atoms. The molecule has 1 aromatic carbocycles. The van der Waals surface area contributed by atoms with Crippen molar-refractivity contribution in [3.8, 4) is 5.75 Å². The molecule has 1 unspecified atom stereocenters. The van der Waals surface area contributed by atoms with E-state index in [1.807, 2.05) is 19.2 Å². The Labute approximate surface area is 247 Å². The van der Waals surface area contributed by atoms with Gasteiger partial charge < -0.3 is 31.3 Å². The normalized spacial score (nSPS) is 16.8. The first kappa shape index (κ1) is 32.7. The Kier molecular flexibility index (Phi) is 11.2. The van der Waals surface area contributed by atoms with Gasteiger partial charge in [0.25, 0.3) is 11.8 Å². The van der Waals surface area contributed by atoms with E-state index >= 15 is 0 Å². The van der Waals surface area contributed by atoms with Gasteiger partial charge in [0, 0.05) is 36.4 Å². The van der Waals surface area contributed by atoms with Gasteiger partial charge in [-0.25, -0.2) is 4.98 Å². The van der Waals surface area contributed by atoms with Gasteiger partial charge in [-0.05, 0) is 52.1 Å². The van der Waals surface area contributed by atoms with E-state index in [9.17, 15) is 18.0 Å². The second-order valence-corrected chi connectivity index (χ2v) is 11.3. The van der Waals surface area contributed by atoms with E-state index in [1.165, 1.54) is 19.2 Å². The van der Waals surface area contributed by atoms with E-state index in [-0.39, 0.29) is 29.8 Å². The SMILES string of the molecule is CN=Cc1cc(OCCO/N=C(\C(=O)NC2C(=O)N(OS(=O)(=O)O)C2(C)C)c2csc(N)n2)ccc1NCCCNC. The Morgan fingerprint density at radius 3 is 2.69 bits per heavy atom. The van der Waals surface area contributed by atoms with Gasteiger partial charge in [-0.3, -0.25) is 19.1 Å². The number of amides is 2. The van der Waals surface area contributed by atoms with Crippen molar-refractivity contribution in [1.82, 2.24) is 20.7 Å². The number of carbonyl (C=O) groups is 2. The molecule has 1 aromatic heterocycles. The van der Waals surface area contributed by atoms with Crippen molar-refractivity contribution in [1.29, 1.82) is 0 Å². The molecule has 0 spiro atoms. The number of hydroxylamine groups is 2. The third-order valence-electron chi connectivity index (χ3n) is 5.91. The Hall–Kier alpha value is -3.84. The number of benzene rings is 1. The van der Waals surface area contributed by atoms with Crippen molar-refractivity contribution in [2.24, 2.45) is 10.1 Å². The van der Waals surface area contributed by atoms with Crippen molar-refractivity contribution in [2.75, 3.05) is 51.4 Å². The predicted octanol–water partition coefficient (Wildman–Crippen LogP) is 0.435. The van der Waals surface area contributed by atoms with E-state index in [0.29, 0.717) is 10.8 Å². The van der Waals surface area contributed by atoms with E-state index in [0.717, 1.165) is 42.1 Å². The van der Waals surface area contributed by atoms with Crippen molar-refractivity contribution in [3.63, 3.8) is 0 Å². The minimum atomic E-state index is -4.95. The fraction of sp³-hybridized carbons (Fsp3) is 0.458. The number of nitrogen functional groups attached to an aromatic ring is 1. The summed E-state index contributed by atoms with van der Waals surface area (Å²) in [5, 5.41) is 14.9. The van der Waals surface area contributed by atoms with Crippen molar-refractivity contribution in [3.05, 3.63) is 34.8 Å². The molecule has 0 aliphatic carbocycles. The smallest absolute Gasteiger partial charge is 0.418 e. The average Bonchev–Trinajstić information content (AvgIpc) is 3.36. The number of hydrogen-bond acceptors (Lipinski definition) is 14. The monoisotopic (exact) mass is 626 g/mol. The molecule has 1 atom stereocenters. The summed E-state index contributed by atoms with van der Waals surface area (Å²) < 4.78 is 41.1. The van der Waals surface area contributed by atoms with Gasteiger partial charge in [0.15, 0.2) is 17.5 Å². The third kappa shape index (κ3) is 8.58. The van der Waals surface area contributed by atoms with Crippen LogP contribution in [0.1, 0.15) is 31.5 Å². The van der Waals surface area contributed by atoms with Gasteiger partial charge in [0.2, 0.25) is 0 Å². The molecular formula is C24H34N8O8S2. The molecule has 3 rings (SSSR count). The number of carbonyl (C=O) groups excluding carboxylic acids is 2. The lowest BCUT2D eigenvalue weighted by Gasteiger charge is -2.50. The standard InChI is InChI=1S/C24H34N8O8S2/c1-24(2)20(22(34)32(24)40-42(35,36)37)30-21(33)19(18-14-41-23(25)29-18)31-39-11-10-38-16-6-7-17(15(12-16)13-27-4)28-9-5-8-26-3/h6-7,12-14,20,26,28H,5,8-11H2,1-4H3,(H2,25,29)(H,30,33)(H,35,36,37)/b27-13?,31-19-. The summed E-state index contributed by atoms with van der Waals surface area (Å²) in [5.41, 5.74) is 6.00. The summed E-state index contributed by atoms with van der Waals surface area (Å²) in [5.74, 6) is -1.16. The first-order valence-corrected chi connectivity index (χ1v) is 14.9. The molecule has 230 valence electrons. The molecule has 0 bridgehead atoms. The summed E-state index contributed by atoms with van der Waals surface area (Å²) in [7, 11) is -1.36. The van der Waals surface area contributed by atoms with Crippen LogP contribution in [0.4, 0.5) is 10.8 Å². The van der Waals surface area contributed by atoms with E-state index in [4.69, 9.17) is 19.9 Å². The molecule has 16 nitrogen and oxygen atoms in total. The van der Waals surface area contributed by atoms with E-state index in [2.05, 4.69) is 35.4 Å². The van der Waals surface area contributed by atoms with Gasteiger partial charge in [-0.1, -0.05) is 5.16 Å². The number of anilines is 2. The molecule has 6 N–H and O–H groups in total. The topological polar surface area (TPSA) is 219 Å². The van der Waals surface area contributed by atoms with Crippen molar-refractivity contribution in [2.45, 2.75) is 31.8 Å². The van der Waals surface area contributed by atoms with Crippen LogP contribution in [0.3, 0.4) is 0 Å². The minimum Gasteiger partial charge on any atom is -0.490 e. The molecule has 1 saturated heterocycles. The van der Waals surface area contributed by atoms with Gasteiger partial charge in [0.1, 0.15) is 24.1 Å². The first-order chi connectivity index (χ1) is 19.9. The Bertz CT molecular complexity index is 1430. The number of oxime groups is 1. The fourth-order valence-corrected chi connectivity index (χ4v) is 4.85. The highest BCUT2D eigenvalue weighted by Crippen LogP contribution is 2.33. The summed E-state index contributed by atoms with van der Waals surface area (Å²) in [4.78, 5) is 39.0. The van der Waals surface area contributed by atoms with Crippen LogP contribution in [0.5, 0.6) is 5.75 Å². The Morgan fingerprint density at radius 1 is 1.31 bits per heavy atom. The second kappa shape index (κ2) is 14.4. The summed E-state index contributed by atoms with van der Waals surface area (Å²) in [6.45, 7) is 4.60. The predicted molar refractivity (Wildman–Crippen MR) is 157 cm³/mol. The van der Waals surface area contributed by atoms with Gasteiger partial charge in [-0.15, -0.1) is 15.6 Å². The maximum Gasteiger partial charge on any atom is 0.418 e. The highest BCUT2D eigenvalue weighted by Gasteiger charge is 2.58. The molecular weight excluding hydrogens is 592 g/mol. The fourth-order valence-electron chi connectivity index (χ4n) is 3.85. The number of ether oxygens (including phenoxy) is 1. The van der Waals surface area contributed by atoms with Crippen LogP contribution >= 0.6 is 11.3 Å². The Morgan fingerprint density at radius 2 is 2.07 bits per heavy atom. The zero-order chi connectivity index (χ0) is 30.9. The Balaban J connectivity index is 1.62. The maximum absolute atomic E-state index is 13.1. The van der Waals surface area contributed by atoms with Crippen molar-refractivity contribution < 1.29 is 36.4 Å². The lowest BCUT2D eigenvalue weighted by atomic mass is 9.84. The van der Waals surface area contributed by atoms with Gasteiger partial charge in [-0.2, -0.15) is 13.5 Å². The summed E-state index contributed by atoms with van der Waals surface area (Å²) >= 11 is 1.07. The second-order valence-electron chi connectivity index (χ2n) is 9.41. The van der Waals surface area contributed by atoms with Crippen LogP contribution in [-0.4, -0.2) is 98.7 Å². The number of rotatable bonds is 16. The number of aliphatic imine (C=N–C) groups is 1. The number of nitrogens with zero attached hydrogens (tertiary/aromatic N) is 4. The molecule has 0 saturated carbocycles. The number of β-lactam (4-membered cyclic amide) rings is 1. The van der Waals surface area contributed by atoms with Crippen molar-refractivity contribution >= 4 is 56.3 Å². The van der Waals surface area contributed by atoms with Crippen LogP contribution < -0.4 is 26.4 Å². The molecule has 1 aliphatic rings. The lowest BCUT2D eigenvalue weighted by molar-refractivity contribution is -0.218. The summed E-state index contributed by atoms with van der Waals surface area (Å²) in [6.07, 6.45) is 2.68. The summed E-state index contributed by atoms with van der Waals surface area (Å²) in [6, 6.07) is 4.34. The lowest BCUT2D eigenvalue weighted by Crippen LogP contribution is -2.76. The third-order valence-corrected chi connectivity index (χ3v) is 6.92. The highest BCUT2D eigenvalue weighted by molar-refractivity contribution is 7.80. The van der Waals surface area contributed by atoms with E-state index < -0.39 is 33.8 Å². The highest BCUT2D eigenvalue weighted by atomic mass is 32.3. The largest absolute Gasteiger partial charge is 0.490 e. The van der Waals surface area contributed by atoms with Gasteiger partial charge >= 0.3 is 10.4 Å². The number of hydrogen-bond donors (Lipinski definition) is 5. The zero-order valence-electron chi connectivity index (χ0n) is 23.5. The molecule has 1 aliphatic heterocycles. The van der Waals surface area contributed by atoms with Crippen LogP contribution in [0, 0.1) is 0 Å². The zero-order valence-corrected chi connectivity index (χ0v) is 25.1. The quantitative estimate of drug-likeness (QED) is 0.0563. The number of thiazole rings is 1. The first-order valence-electron chi connectivity index (χ1n) is 12.7. The molecule has 2 aromatic rings. The average molecular weight is 627 g/mol. The van der Waals surface area contributed by atoms with E-state index in [1.54, 1.807) is 19.3 Å². The molecule has 2 amide bonds. The number of nitrogens with one attached hydrogen (secondary N) is 3. The maximum atomic E-state index is 13.1.